The fraction of sp³-hybridized carbons (Fsp3) is 0.632. The van der Waals surface area contributed by atoms with Crippen molar-refractivity contribution in [2.75, 3.05) is 25.0 Å². The maximum Gasteiger partial charge on any atom is 0.293 e. The van der Waals surface area contributed by atoms with Gasteiger partial charge in [0.05, 0.1) is 24.1 Å². The minimum Gasteiger partial charge on any atom is -0.377 e. The maximum atomic E-state index is 12.3. The van der Waals surface area contributed by atoms with E-state index in [9.17, 15) is 14.9 Å². The van der Waals surface area contributed by atoms with Gasteiger partial charge in [-0.3, -0.25) is 14.9 Å². The first kappa shape index (κ1) is 18.6. The second-order valence-electron chi connectivity index (χ2n) is 7.57. The van der Waals surface area contributed by atoms with Crippen LogP contribution >= 0.6 is 0 Å². The molecule has 1 saturated carbocycles. The number of hydrogen-bond acceptors (Lipinski definition) is 4. The summed E-state index contributed by atoms with van der Waals surface area (Å²) in [5, 5.41) is 17.3. The van der Waals surface area contributed by atoms with Crippen LogP contribution in [-0.4, -0.2) is 42.5 Å². The van der Waals surface area contributed by atoms with Crippen molar-refractivity contribution >= 4 is 17.3 Å². The van der Waals surface area contributed by atoms with Gasteiger partial charge in [-0.15, -0.1) is 0 Å². The van der Waals surface area contributed by atoms with Crippen LogP contribution in [0.15, 0.2) is 18.2 Å². The molecule has 2 fully saturated rings. The molecule has 3 rings (SSSR count). The summed E-state index contributed by atoms with van der Waals surface area (Å²) in [6, 6.07) is 5.70. The highest BCUT2D eigenvalue weighted by Gasteiger charge is 2.25. The van der Waals surface area contributed by atoms with Crippen molar-refractivity contribution in [3.8, 4) is 0 Å². The van der Waals surface area contributed by atoms with Crippen LogP contribution in [0.25, 0.3) is 0 Å². The second-order valence-corrected chi connectivity index (χ2v) is 7.57. The molecule has 0 spiro atoms. The molecule has 1 saturated heterocycles. The number of nitrogens with zero attached hydrogens (tertiary/aromatic N) is 1. The molecule has 1 amide bonds. The molecule has 1 unspecified atom stereocenters. The molecule has 1 aromatic carbocycles. The van der Waals surface area contributed by atoms with E-state index in [1.807, 2.05) is 0 Å². The SMILES string of the molecule is C[C@@H]1CCCC[NH+]1CCCNC(=O)c1ccc(NC2CC2)c([N+](=O)[O-])c1. The summed E-state index contributed by atoms with van der Waals surface area (Å²) in [5.74, 6) is -0.243. The third-order valence-corrected chi connectivity index (χ3v) is 5.44. The number of nitrogens with one attached hydrogen (secondary N) is 3. The number of quaternary nitrogens is 1. The van der Waals surface area contributed by atoms with E-state index in [1.165, 1.54) is 31.9 Å². The Morgan fingerprint density at radius 2 is 2.12 bits per heavy atom. The molecule has 2 aliphatic rings. The van der Waals surface area contributed by atoms with Crippen LogP contribution in [0.3, 0.4) is 0 Å². The number of amides is 1. The molecular weight excluding hydrogens is 332 g/mol. The topological polar surface area (TPSA) is 88.7 Å². The van der Waals surface area contributed by atoms with Gasteiger partial charge in [0.1, 0.15) is 5.69 Å². The van der Waals surface area contributed by atoms with Gasteiger partial charge in [0.2, 0.25) is 0 Å². The molecular formula is C19H29N4O3+. The summed E-state index contributed by atoms with van der Waals surface area (Å²) < 4.78 is 0. The Morgan fingerprint density at radius 3 is 2.81 bits per heavy atom. The minimum atomic E-state index is -0.428. The van der Waals surface area contributed by atoms with E-state index >= 15 is 0 Å². The van der Waals surface area contributed by atoms with E-state index in [0.717, 1.165) is 25.8 Å². The highest BCUT2D eigenvalue weighted by Crippen LogP contribution is 2.31. The number of anilines is 1. The van der Waals surface area contributed by atoms with E-state index in [0.29, 0.717) is 29.9 Å². The van der Waals surface area contributed by atoms with E-state index in [1.54, 1.807) is 17.0 Å². The first-order valence-corrected chi connectivity index (χ1v) is 9.72. The fourth-order valence-electron chi connectivity index (χ4n) is 3.64. The number of hydrogen-bond donors (Lipinski definition) is 3. The summed E-state index contributed by atoms with van der Waals surface area (Å²) in [7, 11) is 0. The summed E-state index contributed by atoms with van der Waals surface area (Å²) >= 11 is 0. The summed E-state index contributed by atoms with van der Waals surface area (Å²) in [6.07, 6.45) is 6.90. The number of benzene rings is 1. The van der Waals surface area contributed by atoms with E-state index in [2.05, 4.69) is 17.6 Å². The third kappa shape index (κ3) is 4.94. The lowest BCUT2D eigenvalue weighted by molar-refractivity contribution is -0.928. The molecule has 1 aliphatic carbocycles. The quantitative estimate of drug-likeness (QED) is 0.374. The van der Waals surface area contributed by atoms with Crippen LogP contribution in [-0.2, 0) is 0 Å². The van der Waals surface area contributed by atoms with Crippen LogP contribution in [0.4, 0.5) is 11.4 Å². The number of likely N-dealkylation sites (tertiary alicyclic amines) is 1. The summed E-state index contributed by atoms with van der Waals surface area (Å²) in [5.41, 5.74) is 0.810. The molecule has 7 nitrogen and oxygen atoms in total. The van der Waals surface area contributed by atoms with Gasteiger partial charge < -0.3 is 15.5 Å². The monoisotopic (exact) mass is 361 g/mol. The minimum absolute atomic E-state index is 0.0314. The van der Waals surface area contributed by atoms with E-state index in [-0.39, 0.29) is 11.6 Å². The van der Waals surface area contributed by atoms with Crippen molar-refractivity contribution in [2.45, 2.75) is 57.5 Å². The van der Waals surface area contributed by atoms with Gasteiger partial charge in [0.25, 0.3) is 11.6 Å². The molecule has 26 heavy (non-hydrogen) atoms. The zero-order valence-corrected chi connectivity index (χ0v) is 15.4. The second kappa shape index (κ2) is 8.49. The van der Waals surface area contributed by atoms with Gasteiger partial charge in [-0.1, -0.05) is 0 Å². The van der Waals surface area contributed by atoms with Crippen LogP contribution in [0, 0.1) is 10.1 Å². The fourth-order valence-corrected chi connectivity index (χ4v) is 3.64. The largest absolute Gasteiger partial charge is 0.377 e. The summed E-state index contributed by atoms with van der Waals surface area (Å²) in [6.45, 7) is 5.18. The Balaban J connectivity index is 1.50. The van der Waals surface area contributed by atoms with Crippen molar-refractivity contribution in [1.82, 2.24) is 5.32 Å². The van der Waals surface area contributed by atoms with Gasteiger partial charge in [-0.25, -0.2) is 0 Å². The highest BCUT2D eigenvalue weighted by atomic mass is 16.6. The standard InChI is InChI=1S/C19H28N4O3/c1-14-5-2-3-11-22(14)12-4-10-20-19(24)15-6-9-17(21-16-7-8-16)18(13-15)23(25)26/h6,9,13-14,16,21H,2-5,7-8,10-12H2,1H3,(H,20,24)/p+1/t14-/m1/s1. The van der Waals surface area contributed by atoms with Gasteiger partial charge in [-0.2, -0.15) is 0 Å². The number of rotatable bonds is 8. The van der Waals surface area contributed by atoms with Gasteiger partial charge in [-0.05, 0) is 51.2 Å². The Labute approximate surface area is 154 Å². The molecule has 1 heterocycles. The lowest BCUT2D eigenvalue weighted by Gasteiger charge is -2.30. The molecule has 0 radical (unpaired) electrons. The Bertz CT molecular complexity index is 660. The van der Waals surface area contributed by atoms with Gasteiger partial charge >= 0.3 is 0 Å². The smallest absolute Gasteiger partial charge is 0.293 e. The van der Waals surface area contributed by atoms with E-state index < -0.39 is 4.92 Å². The Kier molecular flexibility index (Phi) is 6.08. The van der Waals surface area contributed by atoms with Crippen molar-refractivity contribution in [2.24, 2.45) is 0 Å². The van der Waals surface area contributed by atoms with Crippen LogP contribution in [0.1, 0.15) is 55.8 Å². The summed E-state index contributed by atoms with van der Waals surface area (Å²) in [4.78, 5) is 24.8. The molecule has 142 valence electrons. The average molecular weight is 361 g/mol. The predicted octanol–water partition coefficient (Wildman–Crippen LogP) is 1.75. The molecule has 3 N–H and O–H groups in total. The first-order chi connectivity index (χ1) is 12.5. The zero-order valence-electron chi connectivity index (χ0n) is 15.4. The molecule has 0 bridgehead atoms. The Hall–Kier alpha value is -2.15. The number of piperidine rings is 1. The molecule has 0 aromatic heterocycles. The molecule has 2 atom stereocenters. The van der Waals surface area contributed by atoms with Crippen molar-refractivity contribution < 1.29 is 14.6 Å². The highest BCUT2D eigenvalue weighted by molar-refractivity contribution is 5.95. The molecule has 7 heteroatoms. The van der Waals surface area contributed by atoms with Gasteiger partial charge in [0, 0.05) is 30.6 Å². The third-order valence-electron chi connectivity index (χ3n) is 5.44. The average Bonchev–Trinajstić information content (AvgIpc) is 3.44. The van der Waals surface area contributed by atoms with Crippen molar-refractivity contribution in [1.29, 1.82) is 0 Å². The number of carbonyl (C=O) groups is 1. The molecule has 1 aliphatic heterocycles. The van der Waals surface area contributed by atoms with Crippen molar-refractivity contribution in [3.63, 3.8) is 0 Å². The first-order valence-electron chi connectivity index (χ1n) is 9.72. The Morgan fingerprint density at radius 1 is 1.31 bits per heavy atom. The van der Waals surface area contributed by atoms with Crippen LogP contribution in [0.2, 0.25) is 0 Å². The lowest BCUT2D eigenvalue weighted by atomic mass is 10.0. The van der Waals surface area contributed by atoms with Crippen LogP contribution < -0.4 is 15.5 Å². The number of carbonyl (C=O) groups excluding carboxylic acids is 1. The lowest BCUT2D eigenvalue weighted by Crippen LogP contribution is -3.16. The number of nitro groups is 1. The van der Waals surface area contributed by atoms with Crippen LogP contribution in [0.5, 0.6) is 0 Å². The molecule has 1 aromatic rings. The maximum absolute atomic E-state index is 12.3. The van der Waals surface area contributed by atoms with E-state index in [4.69, 9.17) is 0 Å². The van der Waals surface area contributed by atoms with Gasteiger partial charge in [0.15, 0.2) is 0 Å². The zero-order chi connectivity index (χ0) is 18.5. The predicted molar refractivity (Wildman–Crippen MR) is 101 cm³/mol. The number of nitro benzene ring substituents is 1. The normalized spacial score (nSPS) is 22.7. The van der Waals surface area contributed by atoms with Crippen molar-refractivity contribution in [3.05, 3.63) is 33.9 Å².